The molecule has 1 fully saturated rings. The zero-order valence-electron chi connectivity index (χ0n) is 16.4. The van der Waals surface area contributed by atoms with Crippen LogP contribution in [0.4, 0.5) is 0 Å². The number of aryl methyl sites for hydroxylation is 2. The van der Waals surface area contributed by atoms with Crippen LogP contribution in [0, 0.1) is 13.8 Å². The first-order valence-electron chi connectivity index (χ1n) is 9.54. The van der Waals surface area contributed by atoms with Crippen molar-refractivity contribution in [2.75, 3.05) is 0 Å². The Kier molecular flexibility index (Phi) is 6.72. The van der Waals surface area contributed by atoms with Gasteiger partial charge in [0.25, 0.3) is 5.56 Å². The van der Waals surface area contributed by atoms with E-state index in [0.717, 1.165) is 37.1 Å². The molecule has 2 aromatic rings. The van der Waals surface area contributed by atoms with Crippen LogP contribution < -0.4 is 15.6 Å². The topological polar surface area (TPSA) is 97.0 Å². The van der Waals surface area contributed by atoms with Crippen LogP contribution in [0.5, 0.6) is 5.75 Å². The summed E-state index contributed by atoms with van der Waals surface area (Å²) in [5.41, 5.74) is 1.33. The Bertz CT molecular complexity index is 878. The summed E-state index contributed by atoms with van der Waals surface area (Å²) < 4.78 is 6.07. The molecule has 7 nitrogen and oxygen atoms in total. The molecule has 8 heteroatoms. The van der Waals surface area contributed by atoms with Crippen LogP contribution >= 0.6 is 11.8 Å². The van der Waals surface area contributed by atoms with Gasteiger partial charge in [-0.05, 0) is 58.6 Å². The first kappa shape index (κ1) is 20.4. The summed E-state index contributed by atoms with van der Waals surface area (Å²) in [5.74, 6) is 0.793. The Balaban J connectivity index is 1.46. The molecule has 150 valence electrons. The predicted molar refractivity (Wildman–Crippen MR) is 109 cm³/mol. The van der Waals surface area contributed by atoms with Gasteiger partial charge in [-0.2, -0.15) is 0 Å². The summed E-state index contributed by atoms with van der Waals surface area (Å²) in [4.78, 5) is 35.2. The van der Waals surface area contributed by atoms with Crippen molar-refractivity contribution >= 4 is 17.7 Å². The number of rotatable bonds is 6. The molecule has 1 saturated carbocycles. The minimum Gasteiger partial charge on any atom is -0.489 e. The Morgan fingerprint density at radius 3 is 2.75 bits per heavy atom. The zero-order chi connectivity index (χ0) is 20.1. The molecule has 0 saturated heterocycles. The van der Waals surface area contributed by atoms with Crippen LogP contribution in [0.2, 0.25) is 0 Å². The lowest BCUT2D eigenvalue weighted by Crippen LogP contribution is -2.42. The Morgan fingerprint density at radius 2 is 2.07 bits per heavy atom. The standard InChI is InChI=1S/C20H26N4O3S/c1-12-11-18(25)24-20(22-12)28-14(3)19(26)23-15-6-8-16(9-7-15)27-17-5-4-10-21-13(17)2/h4-5,10-11,14-16H,6-9H2,1-3H3,(H,23,26)(H,22,24,25). The van der Waals surface area contributed by atoms with E-state index in [0.29, 0.717) is 10.9 Å². The number of carbonyl (C=O) groups is 1. The van der Waals surface area contributed by atoms with E-state index in [1.807, 2.05) is 26.0 Å². The molecule has 28 heavy (non-hydrogen) atoms. The molecule has 0 bridgehead atoms. The summed E-state index contributed by atoms with van der Waals surface area (Å²) in [6.45, 7) is 5.52. The molecule has 3 rings (SSSR count). The average Bonchev–Trinajstić information content (AvgIpc) is 2.64. The molecule has 0 radical (unpaired) electrons. The molecule has 2 N–H and O–H groups in total. The van der Waals surface area contributed by atoms with Crippen molar-refractivity contribution in [1.29, 1.82) is 0 Å². The maximum Gasteiger partial charge on any atom is 0.251 e. The van der Waals surface area contributed by atoms with Crippen molar-refractivity contribution in [3.63, 3.8) is 0 Å². The zero-order valence-corrected chi connectivity index (χ0v) is 17.2. The smallest absolute Gasteiger partial charge is 0.251 e. The summed E-state index contributed by atoms with van der Waals surface area (Å²) in [5, 5.41) is 3.25. The Hall–Kier alpha value is -2.35. The number of nitrogens with one attached hydrogen (secondary N) is 2. The summed E-state index contributed by atoms with van der Waals surface area (Å²) >= 11 is 1.26. The Morgan fingerprint density at radius 1 is 1.32 bits per heavy atom. The molecule has 0 aliphatic heterocycles. The van der Waals surface area contributed by atoms with Gasteiger partial charge in [0, 0.05) is 24.0 Å². The van der Waals surface area contributed by atoms with E-state index in [-0.39, 0.29) is 28.9 Å². The van der Waals surface area contributed by atoms with E-state index in [4.69, 9.17) is 4.74 Å². The maximum atomic E-state index is 12.5. The molecule has 2 heterocycles. The minimum atomic E-state index is -0.336. The van der Waals surface area contributed by atoms with E-state index in [1.54, 1.807) is 13.1 Å². The van der Waals surface area contributed by atoms with Gasteiger partial charge in [0.2, 0.25) is 5.91 Å². The molecule has 1 atom stereocenters. The molecule has 1 aliphatic rings. The molecule has 1 unspecified atom stereocenters. The highest BCUT2D eigenvalue weighted by atomic mass is 32.2. The van der Waals surface area contributed by atoms with Crippen molar-refractivity contribution in [2.45, 2.75) is 69.0 Å². The summed E-state index contributed by atoms with van der Waals surface area (Å²) in [6.07, 6.45) is 5.47. The molecular weight excluding hydrogens is 376 g/mol. The van der Waals surface area contributed by atoms with E-state index >= 15 is 0 Å². The number of pyridine rings is 1. The van der Waals surface area contributed by atoms with Crippen molar-refractivity contribution in [3.8, 4) is 5.75 Å². The molecular formula is C20H26N4O3S. The second-order valence-electron chi connectivity index (χ2n) is 7.14. The van der Waals surface area contributed by atoms with E-state index in [2.05, 4.69) is 20.3 Å². The molecule has 1 amide bonds. The van der Waals surface area contributed by atoms with Gasteiger partial charge in [0.1, 0.15) is 5.75 Å². The quantitative estimate of drug-likeness (QED) is 0.570. The largest absolute Gasteiger partial charge is 0.489 e. The second kappa shape index (κ2) is 9.23. The number of aromatic amines is 1. The lowest BCUT2D eigenvalue weighted by molar-refractivity contribution is -0.121. The fraction of sp³-hybridized carbons (Fsp3) is 0.500. The number of aromatic nitrogens is 3. The molecule has 0 aromatic carbocycles. The number of carbonyl (C=O) groups excluding carboxylic acids is 1. The van der Waals surface area contributed by atoms with E-state index < -0.39 is 0 Å². The van der Waals surface area contributed by atoms with Crippen LogP contribution in [0.1, 0.15) is 44.0 Å². The maximum absolute atomic E-state index is 12.5. The SMILES string of the molecule is Cc1cc(=O)[nH]c(SC(C)C(=O)NC2CCC(Oc3cccnc3C)CC2)n1. The fourth-order valence-corrected chi connectivity index (χ4v) is 4.11. The van der Waals surface area contributed by atoms with Crippen molar-refractivity contribution in [3.05, 3.63) is 46.1 Å². The first-order chi connectivity index (χ1) is 13.4. The van der Waals surface area contributed by atoms with Crippen LogP contribution in [-0.4, -0.2) is 38.3 Å². The number of nitrogens with zero attached hydrogens (tertiary/aromatic N) is 2. The lowest BCUT2D eigenvalue weighted by atomic mass is 9.93. The highest BCUT2D eigenvalue weighted by molar-refractivity contribution is 8.00. The van der Waals surface area contributed by atoms with E-state index in [9.17, 15) is 9.59 Å². The lowest BCUT2D eigenvalue weighted by Gasteiger charge is -2.30. The van der Waals surface area contributed by atoms with Gasteiger partial charge in [0.05, 0.1) is 17.0 Å². The molecule has 0 spiro atoms. The third-order valence-corrected chi connectivity index (χ3v) is 5.76. The van der Waals surface area contributed by atoms with Crippen LogP contribution in [-0.2, 0) is 4.79 Å². The highest BCUT2D eigenvalue weighted by Crippen LogP contribution is 2.26. The molecule has 2 aromatic heterocycles. The van der Waals surface area contributed by atoms with Gasteiger partial charge in [-0.3, -0.25) is 14.6 Å². The number of hydrogen-bond donors (Lipinski definition) is 2. The van der Waals surface area contributed by atoms with Crippen LogP contribution in [0.15, 0.2) is 34.3 Å². The van der Waals surface area contributed by atoms with Gasteiger partial charge in [-0.25, -0.2) is 4.98 Å². The fourth-order valence-electron chi connectivity index (χ4n) is 3.25. The van der Waals surface area contributed by atoms with Gasteiger partial charge in [-0.1, -0.05) is 11.8 Å². The molecule has 1 aliphatic carbocycles. The minimum absolute atomic E-state index is 0.0402. The van der Waals surface area contributed by atoms with Gasteiger partial charge < -0.3 is 15.0 Å². The van der Waals surface area contributed by atoms with Crippen molar-refractivity contribution in [2.24, 2.45) is 0 Å². The van der Waals surface area contributed by atoms with Gasteiger partial charge in [0.15, 0.2) is 5.16 Å². The highest BCUT2D eigenvalue weighted by Gasteiger charge is 2.26. The third kappa shape index (κ3) is 5.58. The van der Waals surface area contributed by atoms with Crippen LogP contribution in [0.25, 0.3) is 0 Å². The number of ether oxygens (including phenoxy) is 1. The average molecular weight is 403 g/mol. The number of H-pyrrole nitrogens is 1. The van der Waals surface area contributed by atoms with E-state index in [1.165, 1.54) is 17.8 Å². The normalized spacial score (nSPS) is 20.4. The first-order valence-corrected chi connectivity index (χ1v) is 10.4. The monoisotopic (exact) mass is 402 g/mol. The number of thioether (sulfide) groups is 1. The number of amides is 1. The van der Waals surface area contributed by atoms with Crippen LogP contribution in [0.3, 0.4) is 0 Å². The third-order valence-electron chi connectivity index (χ3n) is 4.78. The second-order valence-corrected chi connectivity index (χ2v) is 8.47. The van der Waals surface area contributed by atoms with Gasteiger partial charge >= 0.3 is 0 Å². The summed E-state index contributed by atoms with van der Waals surface area (Å²) in [6, 6.07) is 5.40. The number of hydrogen-bond acceptors (Lipinski definition) is 6. The Labute approximate surface area is 168 Å². The van der Waals surface area contributed by atoms with Gasteiger partial charge in [-0.15, -0.1) is 0 Å². The predicted octanol–water partition coefficient (Wildman–Crippen LogP) is 2.77. The van der Waals surface area contributed by atoms with Crippen molar-refractivity contribution < 1.29 is 9.53 Å². The van der Waals surface area contributed by atoms with Crippen molar-refractivity contribution in [1.82, 2.24) is 20.3 Å². The summed E-state index contributed by atoms with van der Waals surface area (Å²) in [7, 11) is 0.